The summed E-state index contributed by atoms with van der Waals surface area (Å²) in [6.45, 7) is -0.672. The number of allylic oxidation sites excluding steroid dienone is 3. The van der Waals surface area contributed by atoms with Gasteiger partial charge < -0.3 is 9.47 Å². The summed E-state index contributed by atoms with van der Waals surface area (Å²) < 4.78 is 65.8. The van der Waals surface area contributed by atoms with Gasteiger partial charge in [0.25, 0.3) is 0 Å². The van der Waals surface area contributed by atoms with Gasteiger partial charge in [-0.05, 0) is 47.9 Å². The Morgan fingerprint density at radius 1 is 1.05 bits per heavy atom. The van der Waals surface area contributed by atoms with Crippen LogP contribution >= 0.6 is 23.5 Å². The number of hydrogen-bond acceptors (Lipinski definition) is 5. The summed E-state index contributed by atoms with van der Waals surface area (Å²) in [6.07, 6.45) is 3.45. The van der Waals surface area contributed by atoms with Crippen molar-refractivity contribution in [3.05, 3.63) is 101 Å². The predicted octanol–water partition coefficient (Wildman–Crippen LogP) is 8.53. The smallest absolute Gasteiger partial charge is 0.132 e. The Balaban J connectivity index is 1.40. The molecule has 3 nitrogen and oxygen atoms in total. The molecule has 9 heteroatoms. The first-order valence-electron chi connectivity index (χ1n) is 12.3. The van der Waals surface area contributed by atoms with Crippen LogP contribution in [0.3, 0.4) is 0 Å². The van der Waals surface area contributed by atoms with Crippen LogP contribution in [0.5, 0.6) is 5.75 Å². The van der Waals surface area contributed by atoms with Crippen molar-refractivity contribution < 1.29 is 27.0 Å². The third kappa shape index (κ3) is 7.68. The second-order valence-electron chi connectivity index (χ2n) is 9.00. The lowest BCUT2D eigenvalue weighted by Crippen LogP contribution is -2.21. The maximum Gasteiger partial charge on any atom is 0.132 e. The standard InChI is InChI=1S/C30H29F4NO2S2/c1-19(11-27(33)24(14-32)16-37-25-9-7-22(13-31)28(34)12-25)20-3-5-21(6-4-20)29-10-8-23(15-35-29)30-38-17-26(36-2)18-39-30/h3-12,15,26,30H,13-14,16-18H2,1-2H3/b19-11+,27-24-. The van der Waals surface area contributed by atoms with E-state index in [4.69, 9.17) is 9.47 Å². The van der Waals surface area contributed by atoms with E-state index in [1.807, 2.05) is 60.1 Å². The summed E-state index contributed by atoms with van der Waals surface area (Å²) >= 11 is 3.73. The van der Waals surface area contributed by atoms with Crippen LogP contribution in [-0.4, -0.2) is 43.0 Å². The molecule has 1 aromatic heterocycles. The molecule has 4 rings (SSSR count). The number of hydrogen-bond donors (Lipinski definition) is 0. The molecule has 0 spiro atoms. The van der Waals surface area contributed by atoms with Crippen LogP contribution in [0.2, 0.25) is 0 Å². The molecule has 0 atom stereocenters. The zero-order chi connectivity index (χ0) is 27.8. The number of rotatable bonds is 10. The number of benzene rings is 2. The first-order chi connectivity index (χ1) is 18.9. The van der Waals surface area contributed by atoms with Crippen molar-refractivity contribution in [2.75, 3.05) is 31.9 Å². The molecular weight excluding hydrogens is 546 g/mol. The van der Waals surface area contributed by atoms with Crippen LogP contribution in [0.1, 0.15) is 28.2 Å². The molecular formula is C30H29F4NO2S2. The number of pyridine rings is 1. The number of halogens is 4. The van der Waals surface area contributed by atoms with E-state index >= 15 is 0 Å². The molecule has 0 bridgehead atoms. The van der Waals surface area contributed by atoms with Crippen LogP contribution in [0, 0.1) is 5.82 Å². The van der Waals surface area contributed by atoms with Gasteiger partial charge in [-0.1, -0.05) is 30.3 Å². The van der Waals surface area contributed by atoms with Crippen LogP contribution in [0.25, 0.3) is 16.8 Å². The monoisotopic (exact) mass is 575 g/mol. The lowest BCUT2D eigenvalue weighted by molar-refractivity contribution is 0.141. The molecule has 1 aliphatic heterocycles. The number of aromatic nitrogens is 1. The highest BCUT2D eigenvalue weighted by Crippen LogP contribution is 2.44. The van der Waals surface area contributed by atoms with Crippen molar-refractivity contribution in [3.63, 3.8) is 0 Å². The Bertz CT molecular complexity index is 1310. The number of alkyl halides is 2. The lowest BCUT2D eigenvalue weighted by Gasteiger charge is -2.26. The van der Waals surface area contributed by atoms with Gasteiger partial charge in [-0.25, -0.2) is 17.6 Å². The largest absolute Gasteiger partial charge is 0.489 e. The molecule has 1 fully saturated rings. The fourth-order valence-electron chi connectivity index (χ4n) is 3.88. The maximum absolute atomic E-state index is 14.8. The van der Waals surface area contributed by atoms with E-state index in [0.717, 1.165) is 34.4 Å². The van der Waals surface area contributed by atoms with Gasteiger partial charge in [0, 0.05) is 47.6 Å². The Morgan fingerprint density at radius 2 is 1.79 bits per heavy atom. The second-order valence-corrected chi connectivity index (χ2v) is 11.6. The molecule has 0 amide bonds. The fourth-order valence-corrected chi connectivity index (χ4v) is 6.83. The molecule has 2 heterocycles. The molecule has 0 aliphatic carbocycles. The highest BCUT2D eigenvalue weighted by Gasteiger charge is 2.23. The summed E-state index contributed by atoms with van der Waals surface area (Å²) in [5.41, 5.74) is 4.01. The molecule has 0 unspecified atom stereocenters. The summed E-state index contributed by atoms with van der Waals surface area (Å²) in [7, 11) is 1.75. The maximum atomic E-state index is 14.8. The van der Waals surface area contributed by atoms with Crippen LogP contribution in [-0.2, 0) is 11.4 Å². The van der Waals surface area contributed by atoms with Gasteiger partial charge in [-0.2, -0.15) is 0 Å². The third-order valence-corrected chi connectivity index (χ3v) is 9.41. The average Bonchev–Trinajstić information content (AvgIpc) is 2.98. The van der Waals surface area contributed by atoms with Gasteiger partial charge in [-0.15, -0.1) is 23.5 Å². The van der Waals surface area contributed by atoms with E-state index < -0.39 is 31.6 Å². The van der Waals surface area contributed by atoms with Crippen molar-refractivity contribution in [3.8, 4) is 17.0 Å². The molecule has 3 aromatic rings. The Hall–Kier alpha value is -2.75. The zero-order valence-corrected chi connectivity index (χ0v) is 23.3. The Morgan fingerprint density at radius 3 is 2.38 bits per heavy atom. The van der Waals surface area contributed by atoms with Crippen LogP contribution in [0.15, 0.2) is 78.3 Å². The van der Waals surface area contributed by atoms with Crippen molar-refractivity contribution in [1.29, 1.82) is 0 Å². The quantitative estimate of drug-likeness (QED) is 0.179. The predicted molar refractivity (Wildman–Crippen MR) is 153 cm³/mol. The summed E-state index contributed by atoms with van der Waals surface area (Å²) in [6, 6.07) is 15.3. The minimum absolute atomic E-state index is 0.0670. The van der Waals surface area contributed by atoms with Crippen molar-refractivity contribution in [2.24, 2.45) is 0 Å². The van der Waals surface area contributed by atoms with E-state index in [2.05, 4.69) is 11.1 Å². The molecule has 1 aliphatic rings. The summed E-state index contributed by atoms with van der Waals surface area (Å²) in [5.74, 6) is 0.476. The summed E-state index contributed by atoms with van der Waals surface area (Å²) in [4.78, 5) is 4.64. The topological polar surface area (TPSA) is 31.4 Å². The SMILES string of the molecule is COC1CSC(c2ccc(-c3ccc(/C(C)=C/C(F)=C(\CF)COc4ccc(CF)c(F)c4)cc3)nc2)SC1. The number of ether oxygens (including phenoxy) is 2. The van der Waals surface area contributed by atoms with Crippen LogP contribution < -0.4 is 4.74 Å². The normalized spacial score (nSPS) is 18.6. The van der Waals surface area contributed by atoms with E-state index in [0.29, 0.717) is 16.3 Å². The van der Waals surface area contributed by atoms with Gasteiger partial charge in [0.05, 0.1) is 16.4 Å². The first kappa shape index (κ1) is 29.2. The number of methoxy groups -OCH3 is 1. The first-order valence-corrected chi connectivity index (χ1v) is 14.4. The molecule has 0 N–H and O–H groups in total. The van der Waals surface area contributed by atoms with Gasteiger partial charge in [0.2, 0.25) is 0 Å². The van der Waals surface area contributed by atoms with E-state index in [9.17, 15) is 17.6 Å². The van der Waals surface area contributed by atoms with E-state index in [1.165, 1.54) is 23.8 Å². The van der Waals surface area contributed by atoms with Gasteiger partial charge in [-0.3, -0.25) is 4.98 Å². The van der Waals surface area contributed by atoms with Crippen molar-refractivity contribution in [1.82, 2.24) is 4.98 Å². The zero-order valence-electron chi connectivity index (χ0n) is 21.6. The highest BCUT2D eigenvalue weighted by molar-refractivity contribution is 8.17. The average molecular weight is 576 g/mol. The fraction of sp³-hybridized carbons (Fsp3) is 0.300. The van der Waals surface area contributed by atoms with E-state index in [-0.39, 0.29) is 16.9 Å². The minimum Gasteiger partial charge on any atom is -0.489 e. The lowest BCUT2D eigenvalue weighted by atomic mass is 10.0. The minimum atomic E-state index is -1.06. The van der Waals surface area contributed by atoms with Gasteiger partial charge >= 0.3 is 0 Å². The molecule has 1 saturated heterocycles. The number of nitrogens with zero attached hydrogens (tertiary/aromatic N) is 1. The molecule has 2 aromatic carbocycles. The van der Waals surface area contributed by atoms with Gasteiger partial charge in [0.15, 0.2) is 0 Å². The number of thioether (sulfide) groups is 2. The molecule has 0 saturated carbocycles. The van der Waals surface area contributed by atoms with E-state index in [1.54, 1.807) is 14.0 Å². The Kier molecular flexibility index (Phi) is 10.5. The molecule has 39 heavy (non-hydrogen) atoms. The van der Waals surface area contributed by atoms with Gasteiger partial charge in [0.1, 0.15) is 37.3 Å². The molecule has 206 valence electrons. The third-order valence-electron chi connectivity index (χ3n) is 6.32. The highest BCUT2D eigenvalue weighted by atomic mass is 32.2. The molecule has 0 radical (unpaired) electrons. The van der Waals surface area contributed by atoms with Crippen LogP contribution in [0.4, 0.5) is 17.6 Å². The Labute approximate surface area is 234 Å². The van der Waals surface area contributed by atoms with Crippen molar-refractivity contribution >= 4 is 29.1 Å². The van der Waals surface area contributed by atoms with Crippen molar-refractivity contribution in [2.45, 2.75) is 24.3 Å². The second kappa shape index (κ2) is 14.1. The summed E-state index contributed by atoms with van der Waals surface area (Å²) in [5, 5.41) is 0.